The molecule has 1 atom stereocenters. The quantitative estimate of drug-likeness (QED) is 0.676. The second-order valence-electron chi connectivity index (χ2n) is 8.48. The fourth-order valence-electron chi connectivity index (χ4n) is 4.17. The minimum Gasteiger partial charge on any atom is -0.351 e. The van der Waals surface area contributed by atoms with Gasteiger partial charge in [-0.15, -0.1) is 0 Å². The Labute approximate surface area is 189 Å². The summed E-state index contributed by atoms with van der Waals surface area (Å²) in [4.78, 5) is 40.1. The number of likely N-dealkylation sites (N-methyl/N-ethyl adjacent to an activating group) is 1. The molecule has 4 rings (SSSR count). The molecule has 1 saturated carbocycles. The molecule has 0 radical (unpaired) electrons. The van der Waals surface area contributed by atoms with Crippen LogP contribution in [0.4, 0.5) is 0 Å². The summed E-state index contributed by atoms with van der Waals surface area (Å²) in [5, 5.41) is 10.3. The first-order valence-corrected chi connectivity index (χ1v) is 11.3. The van der Waals surface area contributed by atoms with E-state index in [4.69, 9.17) is 0 Å². The number of nitrogens with one attached hydrogen (secondary N) is 2. The summed E-state index contributed by atoms with van der Waals surface area (Å²) in [5.41, 5.74) is 0.343. The lowest BCUT2D eigenvalue weighted by atomic mass is 9.95. The van der Waals surface area contributed by atoms with Crippen LogP contribution in [0.5, 0.6) is 0 Å². The van der Waals surface area contributed by atoms with Gasteiger partial charge in [0.15, 0.2) is 5.69 Å². The molecule has 0 bridgehead atoms. The molecule has 2 N–H and O–H groups in total. The number of amides is 3. The van der Waals surface area contributed by atoms with Crippen LogP contribution in [-0.2, 0) is 17.9 Å². The Bertz CT molecular complexity index is 1030. The third kappa shape index (κ3) is 4.23. The fraction of sp³-hybridized carbons (Fsp3) is 0.455. The minimum absolute atomic E-state index is 0.159. The molecule has 0 spiro atoms. The lowest BCUT2D eigenvalue weighted by Crippen LogP contribution is -2.63. The van der Waals surface area contributed by atoms with E-state index in [2.05, 4.69) is 31.7 Å². The highest BCUT2D eigenvalue weighted by molar-refractivity contribution is 9.10. The molecule has 2 aliphatic rings. The second kappa shape index (κ2) is 8.45. The Morgan fingerprint density at radius 2 is 2.00 bits per heavy atom. The van der Waals surface area contributed by atoms with Crippen molar-refractivity contribution in [1.82, 2.24) is 25.3 Å². The zero-order chi connectivity index (χ0) is 22.2. The SMILES string of the molecule is CN1C(=O)c2cc(C(=O)NCc3cccc(Br)c3)nn2CC1(C)C(=O)NC1CCCC1. The van der Waals surface area contributed by atoms with Crippen LogP contribution >= 0.6 is 15.9 Å². The molecular formula is C22H26BrN5O3. The number of rotatable bonds is 5. The van der Waals surface area contributed by atoms with Gasteiger partial charge in [-0.25, -0.2) is 0 Å². The average molecular weight is 488 g/mol. The van der Waals surface area contributed by atoms with Crippen molar-refractivity contribution in [3.8, 4) is 0 Å². The standard InChI is InChI=1S/C22H26BrN5O3/c1-22(21(31)25-16-8-3-4-9-16)13-28-18(20(30)27(22)2)11-17(26-28)19(29)24-12-14-6-5-7-15(23)10-14/h5-7,10-11,16H,3-4,8-9,12-13H2,1-2H3,(H,24,29)(H,25,31). The summed E-state index contributed by atoms with van der Waals surface area (Å²) in [6, 6.07) is 9.29. The molecule has 31 heavy (non-hydrogen) atoms. The molecule has 1 unspecified atom stereocenters. The van der Waals surface area contributed by atoms with Gasteiger partial charge in [0.2, 0.25) is 5.91 Å². The number of carbonyl (C=O) groups excluding carboxylic acids is 3. The lowest BCUT2D eigenvalue weighted by Gasteiger charge is -2.41. The van der Waals surface area contributed by atoms with E-state index in [1.54, 1.807) is 14.0 Å². The second-order valence-corrected chi connectivity index (χ2v) is 9.39. The van der Waals surface area contributed by atoms with Crippen molar-refractivity contribution < 1.29 is 14.4 Å². The van der Waals surface area contributed by atoms with Crippen molar-refractivity contribution in [3.63, 3.8) is 0 Å². The number of hydrogen-bond acceptors (Lipinski definition) is 4. The largest absolute Gasteiger partial charge is 0.351 e. The number of fused-ring (bicyclic) bond motifs is 1. The van der Waals surface area contributed by atoms with E-state index in [-0.39, 0.29) is 36.0 Å². The average Bonchev–Trinajstić information content (AvgIpc) is 3.40. The van der Waals surface area contributed by atoms with Crippen LogP contribution in [0.2, 0.25) is 0 Å². The highest BCUT2D eigenvalue weighted by atomic mass is 79.9. The van der Waals surface area contributed by atoms with Crippen LogP contribution in [-0.4, -0.2) is 51.0 Å². The molecule has 8 nitrogen and oxygen atoms in total. The summed E-state index contributed by atoms with van der Waals surface area (Å²) in [5.74, 6) is -0.875. The maximum atomic E-state index is 13.0. The number of hydrogen-bond donors (Lipinski definition) is 2. The van der Waals surface area contributed by atoms with Crippen LogP contribution in [0.25, 0.3) is 0 Å². The number of halogens is 1. The van der Waals surface area contributed by atoms with E-state index < -0.39 is 5.54 Å². The highest BCUT2D eigenvalue weighted by Gasteiger charge is 2.46. The van der Waals surface area contributed by atoms with Gasteiger partial charge in [0.1, 0.15) is 11.2 Å². The maximum Gasteiger partial charge on any atom is 0.272 e. The summed E-state index contributed by atoms with van der Waals surface area (Å²) in [6.07, 6.45) is 4.15. The Morgan fingerprint density at radius 1 is 1.26 bits per heavy atom. The number of carbonyl (C=O) groups is 3. The predicted octanol–water partition coefficient (Wildman–Crippen LogP) is 2.48. The summed E-state index contributed by atoms with van der Waals surface area (Å²) < 4.78 is 2.41. The first-order valence-electron chi connectivity index (χ1n) is 10.5. The molecule has 2 aromatic rings. The monoisotopic (exact) mass is 487 g/mol. The van der Waals surface area contributed by atoms with E-state index >= 15 is 0 Å². The molecule has 164 valence electrons. The van der Waals surface area contributed by atoms with Gasteiger partial charge in [-0.05, 0) is 37.5 Å². The number of aromatic nitrogens is 2. The van der Waals surface area contributed by atoms with Crippen molar-refractivity contribution in [2.45, 2.75) is 57.3 Å². The van der Waals surface area contributed by atoms with Crippen molar-refractivity contribution >= 4 is 33.7 Å². The Hall–Kier alpha value is -2.68. The van der Waals surface area contributed by atoms with Gasteiger partial charge >= 0.3 is 0 Å². The molecule has 9 heteroatoms. The van der Waals surface area contributed by atoms with E-state index in [1.165, 1.54) is 15.6 Å². The van der Waals surface area contributed by atoms with E-state index in [9.17, 15) is 14.4 Å². The molecule has 1 aliphatic heterocycles. The topological polar surface area (TPSA) is 96.3 Å². The molecule has 1 aliphatic carbocycles. The number of benzene rings is 1. The molecule has 1 aromatic heterocycles. The molecular weight excluding hydrogens is 462 g/mol. The van der Waals surface area contributed by atoms with Crippen LogP contribution in [0.3, 0.4) is 0 Å². The molecule has 0 saturated heterocycles. The van der Waals surface area contributed by atoms with Gasteiger partial charge in [-0.1, -0.05) is 40.9 Å². The Kier molecular flexibility index (Phi) is 5.88. The normalized spacial score (nSPS) is 21.1. The maximum absolute atomic E-state index is 13.0. The smallest absolute Gasteiger partial charge is 0.272 e. The minimum atomic E-state index is -1.07. The van der Waals surface area contributed by atoms with Crippen molar-refractivity contribution in [3.05, 3.63) is 51.8 Å². The Balaban J connectivity index is 1.49. The van der Waals surface area contributed by atoms with Crippen LogP contribution in [0.1, 0.15) is 59.1 Å². The van der Waals surface area contributed by atoms with Crippen LogP contribution in [0.15, 0.2) is 34.8 Å². The van der Waals surface area contributed by atoms with Crippen molar-refractivity contribution in [2.24, 2.45) is 0 Å². The van der Waals surface area contributed by atoms with E-state index in [0.717, 1.165) is 35.7 Å². The van der Waals surface area contributed by atoms with Gasteiger partial charge in [-0.2, -0.15) is 5.10 Å². The third-order valence-corrected chi connectivity index (χ3v) is 6.75. The highest BCUT2D eigenvalue weighted by Crippen LogP contribution is 2.27. The van der Waals surface area contributed by atoms with Crippen LogP contribution < -0.4 is 10.6 Å². The summed E-state index contributed by atoms with van der Waals surface area (Å²) in [6.45, 7) is 2.28. The molecule has 1 aromatic carbocycles. The lowest BCUT2D eigenvalue weighted by molar-refractivity contribution is -0.133. The van der Waals surface area contributed by atoms with Crippen molar-refractivity contribution in [1.29, 1.82) is 0 Å². The Morgan fingerprint density at radius 3 is 2.71 bits per heavy atom. The molecule has 3 amide bonds. The zero-order valence-electron chi connectivity index (χ0n) is 17.7. The number of nitrogens with zero attached hydrogens (tertiary/aromatic N) is 3. The summed E-state index contributed by atoms with van der Waals surface area (Å²) >= 11 is 3.41. The van der Waals surface area contributed by atoms with Gasteiger partial charge in [-0.3, -0.25) is 19.1 Å². The summed E-state index contributed by atoms with van der Waals surface area (Å²) in [7, 11) is 1.63. The third-order valence-electron chi connectivity index (χ3n) is 6.26. The van der Waals surface area contributed by atoms with Crippen molar-refractivity contribution in [2.75, 3.05) is 7.05 Å². The van der Waals surface area contributed by atoms with Gasteiger partial charge in [0.05, 0.1) is 6.54 Å². The molecule has 2 heterocycles. The van der Waals surface area contributed by atoms with Crippen LogP contribution in [0, 0.1) is 0 Å². The fourth-order valence-corrected chi connectivity index (χ4v) is 4.62. The predicted molar refractivity (Wildman–Crippen MR) is 118 cm³/mol. The first-order chi connectivity index (χ1) is 14.8. The van der Waals surface area contributed by atoms with E-state index in [1.807, 2.05) is 24.3 Å². The van der Waals surface area contributed by atoms with Gasteiger partial charge in [0, 0.05) is 30.2 Å². The molecule has 1 fully saturated rings. The van der Waals surface area contributed by atoms with Gasteiger partial charge < -0.3 is 15.5 Å². The first kappa shape index (κ1) is 21.5. The van der Waals surface area contributed by atoms with Gasteiger partial charge in [0.25, 0.3) is 11.8 Å². The van der Waals surface area contributed by atoms with E-state index in [0.29, 0.717) is 12.2 Å². The zero-order valence-corrected chi connectivity index (χ0v) is 19.2.